The van der Waals surface area contributed by atoms with Crippen molar-refractivity contribution in [1.29, 1.82) is 0 Å². The van der Waals surface area contributed by atoms with Gasteiger partial charge in [-0.2, -0.15) is 0 Å². The van der Waals surface area contributed by atoms with Crippen LogP contribution in [0.4, 0.5) is 0 Å². The van der Waals surface area contributed by atoms with Gasteiger partial charge in [-0.1, -0.05) is 239 Å². The first kappa shape index (κ1) is 63.8. The molecule has 0 radical (unpaired) electrons. The summed E-state index contributed by atoms with van der Waals surface area (Å²) in [7, 11) is 0. The maximum absolute atomic E-state index is 12.8. The van der Waals surface area contributed by atoms with Crippen LogP contribution < -0.4 is 0 Å². The number of carbonyl (C=O) groups is 3. The zero-order valence-corrected chi connectivity index (χ0v) is 43.8. The second kappa shape index (κ2) is 55.4. The normalized spacial score (nSPS) is 13.0. The number of rotatable bonds is 48. The molecule has 0 saturated heterocycles. The molecule has 6 heteroatoms. The van der Waals surface area contributed by atoms with Crippen molar-refractivity contribution in [3.8, 4) is 0 Å². The van der Waals surface area contributed by atoms with E-state index in [1.165, 1.54) is 89.9 Å². The van der Waals surface area contributed by atoms with Crippen LogP contribution in [0.15, 0.2) is 122 Å². The Morgan fingerprint density at radius 2 is 0.647 bits per heavy atom. The summed E-state index contributed by atoms with van der Waals surface area (Å²) in [4.78, 5) is 38.1. The van der Waals surface area contributed by atoms with E-state index in [1.54, 1.807) is 0 Å². The van der Waals surface area contributed by atoms with Crippen molar-refractivity contribution < 1.29 is 28.6 Å². The zero-order valence-electron chi connectivity index (χ0n) is 43.8. The average molecular weight is 941 g/mol. The van der Waals surface area contributed by atoms with E-state index in [9.17, 15) is 14.4 Å². The first-order valence-electron chi connectivity index (χ1n) is 27.6. The topological polar surface area (TPSA) is 78.9 Å². The van der Waals surface area contributed by atoms with Gasteiger partial charge in [-0.05, 0) is 96.3 Å². The maximum atomic E-state index is 12.8. The fourth-order valence-electron chi connectivity index (χ4n) is 7.23. The molecule has 68 heavy (non-hydrogen) atoms. The smallest absolute Gasteiger partial charge is 0.306 e. The van der Waals surface area contributed by atoms with Crippen molar-refractivity contribution >= 4 is 17.9 Å². The molecule has 0 rings (SSSR count). The summed E-state index contributed by atoms with van der Waals surface area (Å²) in [6, 6.07) is 0. The molecule has 1 atom stereocenters. The molecule has 0 amide bonds. The van der Waals surface area contributed by atoms with Gasteiger partial charge in [0.2, 0.25) is 0 Å². The van der Waals surface area contributed by atoms with Gasteiger partial charge in [0.05, 0.1) is 0 Å². The van der Waals surface area contributed by atoms with Gasteiger partial charge in [0.25, 0.3) is 0 Å². The summed E-state index contributed by atoms with van der Waals surface area (Å²) in [6.45, 7) is 6.30. The van der Waals surface area contributed by atoms with Gasteiger partial charge >= 0.3 is 17.9 Å². The molecular formula is C62H100O6. The van der Waals surface area contributed by atoms with Crippen molar-refractivity contribution in [3.63, 3.8) is 0 Å². The van der Waals surface area contributed by atoms with Crippen LogP contribution in [0.1, 0.15) is 233 Å². The van der Waals surface area contributed by atoms with E-state index < -0.39 is 6.10 Å². The standard InChI is InChI=1S/C62H100O6/c1-4-7-10-13-16-19-22-25-28-30-31-32-35-37-40-43-46-49-52-55-61(64)67-58-59(57-66-60(63)54-51-48-45-42-39-36-33-27-24-21-18-15-12-9-6-3)68-62(65)56-53-50-47-44-41-38-34-29-26-23-20-17-14-11-8-5-2/h8-9,11-12,15-22,24-27,29,33,36,39,59H,4-7,10,13-14,23,28,30-32,34-35,37-38,40-58H2,1-3H3/b11-8-,12-9-,18-15-,19-16-,20-17-,24-21-,25-22-,29-26-,33-27-,39-36-. The summed E-state index contributed by atoms with van der Waals surface area (Å²) >= 11 is 0. The second-order valence-electron chi connectivity index (χ2n) is 17.9. The first-order chi connectivity index (χ1) is 33.5. The van der Waals surface area contributed by atoms with E-state index in [-0.39, 0.29) is 31.1 Å². The highest BCUT2D eigenvalue weighted by Gasteiger charge is 2.19. The van der Waals surface area contributed by atoms with E-state index in [1.807, 2.05) is 48.6 Å². The van der Waals surface area contributed by atoms with Crippen LogP contribution in [-0.4, -0.2) is 37.2 Å². The van der Waals surface area contributed by atoms with Crippen molar-refractivity contribution in [2.45, 2.75) is 239 Å². The molecule has 6 nitrogen and oxygen atoms in total. The number of carbonyl (C=O) groups excluding carboxylic acids is 3. The lowest BCUT2D eigenvalue weighted by molar-refractivity contribution is -0.167. The van der Waals surface area contributed by atoms with Crippen LogP contribution in [0.5, 0.6) is 0 Å². The van der Waals surface area contributed by atoms with Gasteiger partial charge in [0.15, 0.2) is 6.10 Å². The van der Waals surface area contributed by atoms with Crippen molar-refractivity contribution in [3.05, 3.63) is 122 Å². The third kappa shape index (κ3) is 52.8. The van der Waals surface area contributed by atoms with Gasteiger partial charge in [-0.3, -0.25) is 14.4 Å². The molecule has 1 unspecified atom stereocenters. The molecule has 0 aromatic carbocycles. The first-order valence-corrected chi connectivity index (χ1v) is 27.6. The summed E-state index contributed by atoms with van der Waals surface area (Å²) < 4.78 is 16.8. The summed E-state index contributed by atoms with van der Waals surface area (Å²) in [6.07, 6.45) is 76.1. The van der Waals surface area contributed by atoms with Crippen LogP contribution in [0, 0.1) is 0 Å². The Morgan fingerprint density at radius 3 is 1.10 bits per heavy atom. The number of esters is 3. The SMILES string of the molecule is CC\C=C/C=C\C=C/C=C\C=C/CCCCCC(=O)OCC(COC(=O)CCCCCCCCCCCC/C=C\C=C/CCCCC)OC(=O)CCCCCCCC/C=C\C/C=C\C/C=C\CC. The number of hydrogen-bond donors (Lipinski definition) is 0. The highest BCUT2D eigenvalue weighted by molar-refractivity contribution is 5.71. The number of hydrogen-bond acceptors (Lipinski definition) is 6. The predicted molar refractivity (Wildman–Crippen MR) is 293 cm³/mol. The highest BCUT2D eigenvalue weighted by Crippen LogP contribution is 2.14. The molecule has 0 aliphatic heterocycles. The van der Waals surface area contributed by atoms with Gasteiger partial charge in [0, 0.05) is 19.3 Å². The third-order valence-electron chi connectivity index (χ3n) is 11.3. The maximum Gasteiger partial charge on any atom is 0.306 e. The Hall–Kier alpha value is -4.19. The predicted octanol–water partition coefficient (Wildman–Crippen LogP) is 18.5. The van der Waals surface area contributed by atoms with E-state index in [2.05, 4.69) is 93.7 Å². The Balaban J connectivity index is 4.48. The fraction of sp³-hybridized carbons (Fsp3) is 0.629. The van der Waals surface area contributed by atoms with Gasteiger partial charge in [-0.25, -0.2) is 0 Å². The largest absolute Gasteiger partial charge is 0.462 e. The molecule has 0 spiro atoms. The Kier molecular flexibility index (Phi) is 52.0. The van der Waals surface area contributed by atoms with Gasteiger partial charge < -0.3 is 14.2 Å². The highest BCUT2D eigenvalue weighted by atomic mass is 16.6. The fourth-order valence-corrected chi connectivity index (χ4v) is 7.23. The number of allylic oxidation sites excluding steroid dienone is 20. The lowest BCUT2D eigenvalue weighted by Gasteiger charge is -2.18. The van der Waals surface area contributed by atoms with E-state index in [4.69, 9.17) is 14.2 Å². The minimum absolute atomic E-state index is 0.102. The van der Waals surface area contributed by atoms with Crippen LogP contribution in [-0.2, 0) is 28.6 Å². The molecule has 0 bridgehead atoms. The minimum atomic E-state index is -0.808. The molecule has 0 saturated carbocycles. The molecule has 0 aliphatic rings. The molecular weight excluding hydrogens is 841 g/mol. The van der Waals surface area contributed by atoms with E-state index in [0.29, 0.717) is 19.3 Å². The van der Waals surface area contributed by atoms with Crippen molar-refractivity contribution in [2.24, 2.45) is 0 Å². The van der Waals surface area contributed by atoms with Crippen LogP contribution in [0.2, 0.25) is 0 Å². The van der Waals surface area contributed by atoms with Crippen LogP contribution in [0.25, 0.3) is 0 Å². The second-order valence-corrected chi connectivity index (χ2v) is 17.9. The molecule has 0 heterocycles. The monoisotopic (exact) mass is 941 g/mol. The average Bonchev–Trinajstić information content (AvgIpc) is 3.34. The lowest BCUT2D eigenvalue weighted by atomic mass is 10.1. The number of unbranched alkanes of at least 4 members (excludes halogenated alkanes) is 22. The molecule has 384 valence electrons. The Bertz CT molecular complexity index is 1450. The summed E-state index contributed by atoms with van der Waals surface area (Å²) in [5, 5.41) is 0. The Labute approximate surface area is 418 Å². The van der Waals surface area contributed by atoms with Crippen molar-refractivity contribution in [2.75, 3.05) is 13.2 Å². The summed E-state index contributed by atoms with van der Waals surface area (Å²) in [5.41, 5.74) is 0. The Morgan fingerprint density at radius 1 is 0.324 bits per heavy atom. The molecule has 0 fully saturated rings. The van der Waals surface area contributed by atoms with Crippen LogP contribution >= 0.6 is 0 Å². The molecule has 0 aromatic rings. The lowest BCUT2D eigenvalue weighted by Crippen LogP contribution is -2.30. The molecule has 0 aliphatic carbocycles. The quantitative estimate of drug-likeness (QED) is 0.0199. The zero-order chi connectivity index (χ0) is 49.3. The van der Waals surface area contributed by atoms with Gasteiger partial charge in [-0.15, -0.1) is 0 Å². The third-order valence-corrected chi connectivity index (χ3v) is 11.3. The van der Waals surface area contributed by atoms with Gasteiger partial charge in [0.1, 0.15) is 13.2 Å². The number of ether oxygens (including phenoxy) is 3. The van der Waals surface area contributed by atoms with Crippen LogP contribution in [0.3, 0.4) is 0 Å². The molecule has 0 N–H and O–H groups in total. The minimum Gasteiger partial charge on any atom is -0.462 e. The van der Waals surface area contributed by atoms with Crippen molar-refractivity contribution in [1.82, 2.24) is 0 Å². The van der Waals surface area contributed by atoms with E-state index >= 15 is 0 Å². The molecule has 0 aromatic heterocycles. The van der Waals surface area contributed by atoms with E-state index in [0.717, 1.165) is 103 Å². The summed E-state index contributed by atoms with van der Waals surface area (Å²) in [5.74, 6) is -0.965.